The minimum Gasteiger partial charge on any atom is -0.327 e. The Balaban J connectivity index is 2.07. The molecule has 0 radical (unpaired) electrons. The van der Waals surface area contributed by atoms with Crippen molar-refractivity contribution in [2.75, 3.05) is 25.6 Å². The van der Waals surface area contributed by atoms with Crippen molar-refractivity contribution in [3.8, 4) is 0 Å². The third-order valence-electron chi connectivity index (χ3n) is 3.53. The summed E-state index contributed by atoms with van der Waals surface area (Å²) in [5.41, 5.74) is 6.10. The average Bonchev–Trinajstić information content (AvgIpc) is 3.05. The molecule has 1 fully saturated rings. The fraction of sp³-hybridized carbons (Fsp3) is 1.00. The highest BCUT2D eigenvalue weighted by atomic mass is 32.2. The first-order chi connectivity index (χ1) is 7.15. The molecular formula is C12H26N2S. The van der Waals surface area contributed by atoms with Gasteiger partial charge < -0.3 is 10.6 Å². The molecule has 0 amide bonds. The maximum atomic E-state index is 6.10. The van der Waals surface area contributed by atoms with Gasteiger partial charge in [0.1, 0.15) is 0 Å². The number of nitrogens with two attached hydrogens (primary N) is 1. The molecule has 0 spiro atoms. The van der Waals surface area contributed by atoms with E-state index >= 15 is 0 Å². The Morgan fingerprint density at radius 3 is 2.60 bits per heavy atom. The highest BCUT2D eigenvalue weighted by molar-refractivity contribution is 7.98. The average molecular weight is 230 g/mol. The lowest BCUT2D eigenvalue weighted by atomic mass is 10.1. The summed E-state index contributed by atoms with van der Waals surface area (Å²) >= 11 is 1.94. The van der Waals surface area contributed by atoms with Crippen LogP contribution in [0.2, 0.25) is 0 Å². The second-order valence-corrected chi connectivity index (χ2v) is 5.89. The highest BCUT2D eigenvalue weighted by Crippen LogP contribution is 2.32. The topological polar surface area (TPSA) is 29.3 Å². The van der Waals surface area contributed by atoms with Crippen molar-refractivity contribution in [3.05, 3.63) is 0 Å². The molecule has 2 nitrogen and oxygen atoms in total. The molecule has 3 heteroatoms. The lowest BCUT2D eigenvalue weighted by Crippen LogP contribution is -2.34. The van der Waals surface area contributed by atoms with E-state index in [1.165, 1.54) is 31.4 Å². The van der Waals surface area contributed by atoms with E-state index in [-0.39, 0.29) is 0 Å². The van der Waals surface area contributed by atoms with E-state index in [1.807, 2.05) is 11.8 Å². The van der Waals surface area contributed by atoms with Crippen LogP contribution in [0.1, 0.15) is 32.6 Å². The van der Waals surface area contributed by atoms with E-state index in [2.05, 4.69) is 25.1 Å². The standard InChI is InChI=1S/C12H26N2S/c1-10(7-9-15-3)14(2)8-6-12(13)11-4-5-11/h10-12H,4-9,13H2,1-3H3. The Labute approximate surface area is 99.0 Å². The number of rotatable bonds is 8. The zero-order chi connectivity index (χ0) is 11.3. The van der Waals surface area contributed by atoms with Crippen LogP contribution in [0.3, 0.4) is 0 Å². The molecule has 0 aliphatic heterocycles. The van der Waals surface area contributed by atoms with E-state index in [4.69, 9.17) is 5.73 Å². The third kappa shape index (κ3) is 5.23. The van der Waals surface area contributed by atoms with Crippen LogP contribution in [-0.2, 0) is 0 Å². The third-order valence-corrected chi connectivity index (χ3v) is 4.18. The Morgan fingerprint density at radius 2 is 2.07 bits per heavy atom. The van der Waals surface area contributed by atoms with Crippen LogP contribution in [0.4, 0.5) is 0 Å². The molecule has 0 heterocycles. The van der Waals surface area contributed by atoms with Crippen LogP contribution in [0.5, 0.6) is 0 Å². The SMILES string of the molecule is CSCCC(C)N(C)CCC(N)C1CC1. The summed E-state index contributed by atoms with van der Waals surface area (Å²) in [5.74, 6) is 2.11. The summed E-state index contributed by atoms with van der Waals surface area (Å²) in [6, 6.07) is 1.16. The molecule has 2 unspecified atom stereocenters. The van der Waals surface area contributed by atoms with Crippen LogP contribution in [0.25, 0.3) is 0 Å². The van der Waals surface area contributed by atoms with Crippen molar-refractivity contribution in [3.63, 3.8) is 0 Å². The second kappa shape index (κ2) is 6.77. The molecule has 15 heavy (non-hydrogen) atoms. The predicted molar refractivity (Wildman–Crippen MR) is 70.4 cm³/mol. The summed E-state index contributed by atoms with van der Waals surface area (Å²) in [6.45, 7) is 3.48. The molecule has 1 saturated carbocycles. The van der Waals surface area contributed by atoms with E-state index < -0.39 is 0 Å². The van der Waals surface area contributed by atoms with Crippen LogP contribution in [0.15, 0.2) is 0 Å². The van der Waals surface area contributed by atoms with Crippen molar-refractivity contribution >= 4 is 11.8 Å². The summed E-state index contributed by atoms with van der Waals surface area (Å²) in [6.07, 6.45) is 7.37. The van der Waals surface area contributed by atoms with Gasteiger partial charge in [0, 0.05) is 12.1 Å². The number of nitrogens with zero attached hydrogens (tertiary/aromatic N) is 1. The lowest BCUT2D eigenvalue weighted by Gasteiger charge is -2.25. The first kappa shape index (κ1) is 13.3. The monoisotopic (exact) mass is 230 g/mol. The molecule has 0 aromatic carbocycles. The smallest absolute Gasteiger partial charge is 0.00793 e. The van der Waals surface area contributed by atoms with Gasteiger partial charge in [-0.1, -0.05) is 0 Å². The molecule has 0 bridgehead atoms. The van der Waals surface area contributed by atoms with Crippen molar-refractivity contribution in [1.29, 1.82) is 0 Å². The summed E-state index contributed by atoms with van der Waals surface area (Å²) in [4.78, 5) is 2.46. The Kier molecular flexibility index (Phi) is 6.02. The molecule has 0 aromatic rings. The van der Waals surface area contributed by atoms with E-state index in [9.17, 15) is 0 Å². The number of hydrogen-bond donors (Lipinski definition) is 1. The molecule has 1 aliphatic carbocycles. The fourth-order valence-electron chi connectivity index (χ4n) is 1.84. The van der Waals surface area contributed by atoms with Crippen LogP contribution < -0.4 is 5.73 Å². The van der Waals surface area contributed by atoms with E-state index in [0.717, 1.165) is 12.5 Å². The zero-order valence-electron chi connectivity index (χ0n) is 10.4. The summed E-state index contributed by atoms with van der Waals surface area (Å²) < 4.78 is 0. The first-order valence-electron chi connectivity index (χ1n) is 6.10. The quantitative estimate of drug-likeness (QED) is 0.693. The van der Waals surface area contributed by atoms with Gasteiger partial charge in [0.15, 0.2) is 0 Å². The van der Waals surface area contributed by atoms with Gasteiger partial charge in [-0.25, -0.2) is 0 Å². The van der Waals surface area contributed by atoms with E-state index in [1.54, 1.807) is 0 Å². The minimum atomic E-state index is 0.459. The van der Waals surface area contributed by atoms with Gasteiger partial charge in [-0.3, -0.25) is 0 Å². The number of hydrogen-bond acceptors (Lipinski definition) is 3. The maximum Gasteiger partial charge on any atom is 0.00793 e. The van der Waals surface area contributed by atoms with Gasteiger partial charge in [-0.2, -0.15) is 11.8 Å². The van der Waals surface area contributed by atoms with Crippen molar-refractivity contribution < 1.29 is 0 Å². The molecule has 1 rings (SSSR count). The van der Waals surface area contributed by atoms with Gasteiger partial charge in [0.05, 0.1) is 0 Å². The molecule has 2 N–H and O–H groups in total. The van der Waals surface area contributed by atoms with Gasteiger partial charge in [-0.05, 0) is 64.1 Å². The lowest BCUT2D eigenvalue weighted by molar-refractivity contribution is 0.241. The Morgan fingerprint density at radius 1 is 1.40 bits per heavy atom. The maximum absolute atomic E-state index is 6.10. The van der Waals surface area contributed by atoms with Crippen LogP contribution >= 0.6 is 11.8 Å². The predicted octanol–water partition coefficient (Wildman–Crippen LogP) is 2.19. The number of thioether (sulfide) groups is 1. The fourth-order valence-corrected chi connectivity index (χ4v) is 2.42. The van der Waals surface area contributed by atoms with Gasteiger partial charge in [0.25, 0.3) is 0 Å². The van der Waals surface area contributed by atoms with Crippen molar-refractivity contribution in [1.82, 2.24) is 4.90 Å². The Bertz CT molecular complexity index is 171. The van der Waals surface area contributed by atoms with Gasteiger partial charge in [0.2, 0.25) is 0 Å². The normalized spacial score (nSPS) is 20.6. The molecule has 1 aliphatic rings. The van der Waals surface area contributed by atoms with Crippen LogP contribution in [0, 0.1) is 5.92 Å². The molecular weight excluding hydrogens is 204 g/mol. The van der Waals surface area contributed by atoms with Crippen molar-refractivity contribution in [2.24, 2.45) is 11.7 Å². The molecule has 0 aromatic heterocycles. The van der Waals surface area contributed by atoms with E-state index in [0.29, 0.717) is 12.1 Å². The molecule has 2 atom stereocenters. The van der Waals surface area contributed by atoms with Crippen molar-refractivity contribution in [2.45, 2.75) is 44.7 Å². The van der Waals surface area contributed by atoms with Gasteiger partial charge >= 0.3 is 0 Å². The highest BCUT2D eigenvalue weighted by Gasteiger charge is 2.28. The first-order valence-corrected chi connectivity index (χ1v) is 7.49. The molecule has 90 valence electrons. The summed E-state index contributed by atoms with van der Waals surface area (Å²) in [5, 5.41) is 0. The summed E-state index contributed by atoms with van der Waals surface area (Å²) in [7, 11) is 2.23. The minimum absolute atomic E-state index is 0.459. The largest absolute Gasteiger partial charge is 0.327 e. The second-order valence-electron chi connectivity index (χ2n) is 4.90. The van der Waals surface area contributed by atoms with Crippen LogP contribution in [-0.4, -0.2) is 42.6 Å². The molecule has 0 saturated heterocycles. The zero-order valence-corrected chi connectivity index (χ0v) is 11.2. The Hall–Kier alpha value is 0.270. The van der Waals surface area contributed by atoms with Gasteiger partial charge in [-0.15, -0.1) is 0 Å².